The van der Waals surface area contributed by atoms with E-state index in [-0.39, 0.29) is 11.7 Å². The minimum Gasteiger partial charge on any atom is -0.304 e. The lowest BCUT2D eigenvalue weighted by atomic mass is 10.0. The first-order valence-corrected chi connectivity index (χ1v) is 7.77. The van der Waals surface area contributed by atoms with E-state index in [0.29, 0.717) is 12.1 Å². The molecule has 1 aromatic carbocycles. The van der Waals surface area contributed by atoms with Gasteiger partial charge in [0.25, 0.3) is 11.7 Å². The van der Waals surface area contributed by atoms with Gasteiger partial charge in [-0.1, -0.05) is 19.1 Å². The summed E-state index contributed by atoms with van der Waals surface area (Å²) in [6.45, 7) is 6.60. The van der Waals surface area contributed by atoms with E-state index in [0.717, 1.165) is 34.7 Å². The summed E-state index contributed by atoms with van der Waals surface area (Å²) in [6, 6.07) is 3.89. The number of hydrogen-bond donors (Lipinski definition) is 0. The van der Waals surface area contributed by atoms with Crippen LogP contribution < -0.4 is 4.90 Å². The SMILES string of the molecule is CCSCCCN1C(=O)C(=O)c2c(C)ccc(C)c21. The number of carbonyl (C=O) groups excluding carboxylic acids is 2. The van der Waals surface area contributed by atoms with Gasteiger partial charge in [-0.25, -0.2) is 0 Å². The van der Waals surface area contributed by atoms with Gasteiger partial charge in [0.05, 0.1) is 11.3 Å². The second kappa shape index (κ2) is 5.78. The van der Waals surface area contributed by atoms with Crippen LogP contribution in [0, 0.1) is 13.8 Å². The van der Waals surface area contributed by atoms with Crippen LogP contribution in [0.1, 0.15) is 34.8 Å². The summed E-state index contributed by atoms with van der Waals surface area (Å²) in [7, 11) is 0. The van der Waals surface area contributed by atoms with Crippen LogP contribution in [0.5, 0.6) is 0 Å². The fourth-order valence-electron chi connectivity index (χ4n) is 2.44. The highest BCUT2D eigenvalue weighted by molar-refractivity contribution is 7.99. The third kappa shape index (κ3) is 2.54. The molecule has 102 valence electrons. The fourth-order valence-corrected chi connectivity index (χ4v) is 3.07. The molecule has 19 heavy (non-hydrogen) atoms. The van der Waals surface area contributed by atoms with Gasteiger partial charge < -0.3 is 4.90 Å². The van der Waals surface area contributed by atoms with Crippen molar-refractivity contribution in [1.29, 1.82) is 0 Å². The number of amides is 1. The zero-order valence-corrected chi connectivity index (χ0v) is 12.5. The van der Waals surface area contributed by atoms with Crippen LogP contribution in [0.25, 0.3) is 0 Å². The van der Waals surface area contributed by atoms with Crippen molar-refractivity contribution in [2.24, 2.45) is 0 Å². The molecule has 0 saturated carbocycles. The van der Waals surface area contributed by atoms with E-state index in [1.807, 2.05) is 37.7 Å². The lowest BCUT2D eigenvalue weighted by Crippen LogP contribution is -2.31. The molecule has 1 aliphatic rings. The molecule has 0 bridgehead atoms. The topological polar surface area (TPSA) is 37.4 Å². The normalized spacial score (nSPS) is 14.2. The molecule has 0 atom stereocenters. The maximum Gasteiger partial charge on any atom is 0.299 e. The molecule has 0 aromatic heterocycles. The van der Waals surface area contributed by atoms with Gasteiger partial charge in [0, 0.05) is 6.54 Å². The summed E-state index contributed by atoms with van der Waals surface area (Å²) >= 11 is 1.86. The highest BCUT2D eigenvalue weighted by Crippen LogP contribution is 2.34. The van der Waals surface area contributed by atoms with Gasteiger partial charge in [-0.15, -0.1) is 0 Å². The van der Waals surface area contributed by atoms with Gasteiger partial charge in [-0.3, -0.25) is 9.59 Å². The molecule has 0 aliphatic carbocycles. The number of fused-ring (bicyclic) bond motifs is 1. The Hall–Kier alpha value is -1.29. The molecule has 0 saturated heterocycles. The average molecular weight is 277 g/mol. The first kappa shape index (κ1) is 14.1. The van der Waals surface area contributed by atoms with Gasteiger partial charge in [-0.2, -0.15) is 11.8 Å². The third-order valence-electron chi connectivity index (χ3n) is 3.40. The smallest absolute Gasteiger partial charge is 0.299 e. The summed E-state index contributed by atoms with van der Waals surface area (Å²) < 4.78 is 0. The van der Waals surface area contributed by atoms with Crippen molar-refractivity contribution in [3.05, 3.63) is 28.8 Å². The number of rotatable bonds is 5. The number of ketones is 1. The summed E-state index contributed by atoms with van der Waals surface area (Å²) in [5.41, 5.74) is 3.33. The zero-order chi connectivity index (χ0) is 14.0. The summed E-state index contributed by atoms with van der Waals surface area (Å²) in [5.74, 6) is 1.39. The molecular formula is C15H19NO2S. The first-order valence-electron chi connectivity index (χ1n) is 6.62. The number of carbonyl (C=O) groups is 2. The summed E-state index contributed by atoms with van der Waals surface area (Å²) in [5, 5.41) is 0. The number of thioether (sulfide) groups is 1. The number of nitrogens with zero attached hydrogens (tertiary/aromatic N) is 1. The van der Waals surface area contributed by atoms with Crippen molar-refractivity contribution in [3.8, 4) is 0 Å². The Morgan fingerprint density at radius 2 is 1.84 bits per heavy atom. The number of Topliss-reactive ketones (excluding diaryl/α,β-unsaturated/α-hetero) is 1. The number of benzene rings is 1. The second-order valence-corrected chi connectivity index (χ2v) is 6.15. The van der Waals surface area contributed by atoms with Crippen LogP contribution in [0.2, 0.25) is 0 Å². The van der Waals surface area contributed by atoms with Gasteiger partial charge in [0.2, 0.25) is 0 Å². The van der Waals surface area contributed by atoms with Crippen molar-refractivity contribution in [3.63, 3.8) is 0 Å². The van der Waals surface area contributed by atoms with Crippen LogP contribution in [-0.4, -0.2) is 29.7 Å². The zero-order valence-electron chi connectivity index (χ0n) is 11.7. The molecule has 2 rings (SSSR count). The van der Waals surface area contributed by atoms with Crippen LogP contribution in [-0.2, 0) is 4.79 Å². The van der Waals surface area contributed by atoms with Crippen LogP contribution >= 0.6 is 11.8 Å². The Morgan fingerprint density at radius 3 is 2.53 bits per heavy atom. The number of anilines is 1. The van der Waals surface area contributed by atoms with E-state index >= 15 is 0 Å². The molecule has 0 spiro atoms. The average Bonchev–Trinajstić information content (AvgIpc) is 2.65. The predicted molar refractivity (Wildman–Crippen MR) is 80.2 cm³/mol. The Balaban J connectivity index is 2.26. The van der Waals surface area contributed by atoms with E-state index in [9.17, 15) is 9.59 Å². The quantitative estimate of drug-likeness (QED) is 0.613. The van der Waals surface area contributed by atoms with Crippen molar-refractivity contribution in [1.82, 2.24) is 0 Å². The highest BCUT2D eigenvalue weighted by atomic mass is 32.2. The third-order valence-corrected chi connectivity index (χ3v) is 4.38. The van der Waals surface area contributed by atoms with Crippen LogP contribution in [0.3, 0.4) is 0 Å². The standard InChI is InChI=1S/C15H19NO2S/c1-4-19-9-5-8-16-13-11(3)7-6-10(2)12(13)14(17)15(16)18/h6-7H,4-5,8-9H2,1-3H3. The molecule has 1 heterocycles. The van der Waals surface area contributed by atoms with E-state index in [1.54, 1.807) is 4.90 Å². The molecule has 3 nitrogen and oxygen atoms in total. The summed E-state index contributed by atoms with van der Waals surface area (Å²) in [4.78, 5) is 25.8. The second-order valence-electron chi connectivity index (χ2n) is 4.76. The molecule has 1 amide bonds. The van der Waals surface area contributed by atoms with E-state index in [2.05, 4.69) is 6.92 Å². The van der Waals surface area contributed by atoms with Crippen molar-refractivity contribution < 1.29 is 9.59 Å². The molecular weight excluding hydrogens is 258 g/mol. The Bertz CT molecular complexity index is 525. The van der Waals surface area contributed by atoms with Gasteiger partial charge in [0.1, 0.15) is 0 Å². The minimum atomic E-state index is -0.367. The van der Waals surface area contributed by atoms with Gasteiger partial charge in [-0.05, 0) is 42.9 Å². The van der Waals surface area contributed by atoms with Crippen LogP contribution in [0.15, 0.2) is 12.1 Å². The molecule has 1 aliphatic heterocycles. The van der Waals surface area contributed by atoms with Crippen molar-refractivity contribution >= 4 is 29.1 Å². The molecule has 0 fully saturated rings. The predicted octanol–water partition coefficient (Wildman–Crippen LogP) is 2.98. The Labute approximate surface area is 118 Å². The lowest BCUT2D eigenvalue weighted by molar-refractivity contribution is -0.114. The number of aryl methyl sites for hydroxylation is 2. The lowest BCUT2D eigenvalue weighted by Gasteiger charge is -2.18. The van der Waals surface area contributed by atoms with Crippen molar-refractivity contribution in [2.45, 2.75) is 27.2 Å². The monoisotopic (exact) mass is 277 g/mol. The Morgan fingerprint density at radius 1 is 1.16 bits per heavy atom. The largest absolute Gasteiger partial charge is 0.304 e. The molecule has 0 radical (unpaired) electrons. The van der Waals surface area contributed by atoms with Gasteiger partial charge >= 0.3 is 0 Å². The van der Waals surface area contributed by atoms with E-state index in [1.165, 1.54) is 0 Å². The highest BCUT2D eigenvalue weighted by Gasteiger charge is 2.37. The fraction of sp³-hybridized carbons (Fsp3) is 0.467. The Kier molecular flexibility index (Phi) is 4.30. The van der Waals surface area contributed by atoms with Crippen molar-refractivity contribution in [2.75, 3.05) is 23.0 Å². The molecule has 0 unspecified atom stereocenters. The van der Waals surface area contributed by atoms with E-state index < -0.39 is 0 Å². The molecule has 1 aromatic rings. The van der Waals surface area contributed by atoms with Gasteiger partial charge in [0.15, 0.2) is 0 Å². The maximum absolute atomic E-state index is 12.1. The first-order chi connectivity index (χ1) is 9.07. The van der Waals surface area contributed by atoms with E-state index in [4.69, 9.17) is 0 Å². The number of hydrogen-bond acceptors (Lipinski definition) is 3. The van der Waals surface area contributed by atoms with Crippen LogP contribution in [0.4, 0.5) is 5.69 Å². The molecule has 0 N–H and O–H groups in total. The maximum atomic E-state index is 12.1. The summed E-state index contributed by atoms with van der Waals surface area (Å²) in [6.07, 6.45) is 0.921. The molecule has 4 heteroatoms. The minimum absolute atomic E-state index is 0.348.